The number of ether oxygens (including phenoxy) is 10. The lowest BCUT2D eigenvalue weighted by Crippen LogP contribution is -2.63. The molecule has 2 saturated heterocycles. The van der Waals surface area contributed by atoms with Crippen molar-refractivity contribution in [3.8, 4) is 0 Å². The van der Waals surface area contributed by atoms with E-state index in [2.05, 4.69) is 0 Å². The number of carbonyl (C=O) groups is 1. The van der Waals surface area contributed by atoms with Gasteiger partial charge in [0.05, 0.1) is 58.1 Å². The number of hydrogen-bond acceptors (Lipinski definition) is 12. The first kappa shape index (κ1) is 53.0. The van der Waals surface area contributed by atoms with E-state index >= 15 is 0 Å². The minimum atomic E-state index is -0.970. The van der Waals surface area contributed by atoms with Crippen LogP contribution in [0.3, 0.4) is 0 Å². The van der Waals surface area contributed by atoms with Gasteiger partial charge in [0, 0.05) is 12.0 Å². The number of benzene rings is 6. The zero-order valence-electron chi connectivity index (χ0n) is 41.2. The Morgan fingerprint density at radius 1 is 0.444 bits per heavy atom. The Morgan fingerprint density at radius 3 is 1.19 bits per heavy atom. The Labute approximate surface area is 428 Å². The first-order chi connectivity index (χ1) is 35.4. The van der Waals surface area contributed by atoms with Gasteiger partial charge in [0.1, 0.15) is 42.7 Å². The molecule has 6 aromatic carbocycles. The number of methoxy groups -OCH3 is 1. The summed E-state index contributed by atoms with van der Waals surface area (Å²) in [6.07, 6.45) is -4.90. The highest BCUT2D eigenvalue weighted by atomic mass is 32.2. The summed E-state index contributed by atoms with van der Waals surface area (Å²) < 4.78 is 68.1. The molecule has 0 saturated carbocycles. The Hall–Kier alpha value is -5.32. The summed E-state index contributed by atoms with van der Waals surface area (Å²) in [4.78, 5) is 13.9. The smallest absolute Gasteiger partial charge is 0.186 e. The van der Waals surface area contributed by atoms with Gasteiger partial charge in [0.2, 0.25) is 0 Å². The molecule has 2 fully saturated rings. The summed E-state index contributed by atoms with van der Waals surface area (Å²) in [7, 11) is 1.60. The molecule has 0 aliphatic carbocycles. The summed E-state index contributed by atoms with van der Waals surface area (Å²) >= 11 is 1.36. The zero-order chi connectivity index (χ0) is 49.7. The lowest BCUT2D eigenvalue weighted by atomic mass is 9.97. The molecule has 0 bridgehead atoms. The zero-order valence-corrected chi connectivity index (χ0v) is 42.0. The molecule has 2 aliphatic heterocycles. The minimum Gasteiger partial charge on any atom is -0.374 e. The van der Waals surface area contributed by atoms with Crippen molar-refractivity contribution in [3.63, 3.8) is 0 Å². The van der Waals surface area contributed by atoms with Gasteiger partial charge in [-0.2, -0.15) is 0 Å². The quantitative estimate of drug-likeness (QED) is 0.0483. The number of carbonyl (C=O) groups excluding carboxylic acids is 1. The van der Waals surface area contributed by atoms with E-state index < -0.39 is 60.6 Å². The molecular weight excluding hydrogens is 929 g/mol. The van der Waals surface area contributed by atoms with Gasteiger partial charge in [-0.1, -0.05) is 188 Å². The molecule has 8 rings (SSSR count). The van der Waals surface area contributed by atoms with E-state index in [0.717, 1.165) is 33.4 Å². The SMILES string of the molecule is C/C=C(/S[C@H]1[C@H](OC[C@H]2O[C@H](OC)[C@H](OCc3ccccc3)[C@@H](OCc3ccccc3)[C@@H]2OCc2ccccc2)O[C@H](COCc2ccccc2)[C@@H](OCc2ccccc2)[C@@H]1OCc1ccccc1)C(C)=O. The maximum absolute atomic E-state index is 13.3. The second kappa shape index (κ2) is 28.2. The van der Waals surface area contributed by atoms with Crippen LogP contribution in [0.15, 0.2) is 193 Å². The third-order valence-electron chi connectivity index (χ3n) is 12.5. The van der Waals surface area contributed by atoms with Crippen LogP contribution in [0.5, 0.6) is 0 Å². The van der Waals surface area contributed by atoms with Gasteiger partial charge in [-0.15, -0.1) is 11.8 Å². The molecule has 12 heteroatoms. The Morgan fingerprint density at radius 2 is 0.792 bits per heavy atom. The Bertz CT molecular complexity index is 2490. The van der Waals surface area contributed by atoms with Crippen LogP contribution in [-0.4, -0.2) is 86.7 Å². The van der Waals surface area contributed by atoms with E-state index in [9.17, 15) is 4.79 Å². The fourth-order valence-corrected chi connectivity index (χ4v) is 10.0. The van der Waals surface area contributed by atoms with Crippen LogP contribution in [0.1, 0.15) is 47.2 Å². The first-order valence-electron chi connectivity index (χ1n) is 24.6. The highest BCUT2D eigenvalue weighted by Gasteiger charge is 2.52. The topological polar surface area (TPSA) is 109 Å². The van der Waals surface area contributed by atoms with Crippen LogP contribution >= 0.6 is 11.8 Å². The average molecular weight is 995 g/mol. The third-order valence-corrected chi connectivity index (χ3v) is 14.1. The molecule has 0 aromatic heterocycles. The molecule has 0 unspecified atom stereocenters. The molecule has 0 amide bonds. The van der Waals surface area contributed by atoms with Crippen molar-refractivity contribution in [1.29, 1.82) is 0 Å². The predicted molar refractivity (Wildman–Crippen MR) is 277 cm³/mol. The fourth-order valence-electron chi connectivity index (χ4n) is 8.82. The van der Waals surface area contributed by atoms with Crippen LogP contribution in [0.2, 0.25) is 0 Å². The standard InChI is InChI=1S/C60H66O11S/c1-4-52(43(2)61)72-58-56(67-39-48-31-19-9-20-32-48)54(65-37-46-27-15-7-16-28-46)50(41-63-35-44-23-11-5-12-24-44)71-60(58)69-42-51-53(64-36-45-25-13-6-14-26-45)55(66-38-47-29-17-8-18-30-47)57(59(62-3)70-51)68-40-49-33-21-10-22-34-49/h4-34,50-51,53-60H,35-42H2,1-3H3/b52-4+/t50-,51-,53-,54-,55+,56+,57-,58-,59+,60-/m1/s1. The van der Waals surface area contributed by atoms with Crippen LogP contribution < -0.4 is 0 Å². The second-order valence-corrected chi connectivity index (χ2v) is 19.0. The van der Waals surface area contributed by atoms with Crippen molar-refractivity contribution in [2.24, 2.45) is 0 Å². The van der Waals surface area contributed by atoms with E-state index in [1.807, 2.05) is 195 Å². The molecule has 0 spiro atoms. The van der Waals surface area contributed by atoms with Crippen molar-refractivity contribution in [1.82, 2.24) is 0 Å². The van der Waals surface area contributed by atoms with Crippen molar-refractivity contribution in [2.75, 3.05) is 20.3 Å². The second-order valence-electron chi connectivity index (χ2n) is 17.8. The van der Waals surface area contributed by atoms with Gasteiger partial charge in [-0.05, 0) is 47.2 Å². The third kappa shape index (κ3) is 15.4. The van der Waals surface area contributed by atoms with Crippen molar-refractivity contribution in [2.45, 2.75) is 114 Å². The number of hydrogen-bond donors (Lipinski definition) is 0. The highest BCUT2D eigenvalue weighted by Crippen LogP contribution is 2.40. The van der Waals surface area contributed by atoms with Crippen LogP contribution in [-0.2, 0) is 91.8 Å². The van der Waals surface area contributed by atoms with E-state index in [4.69, 9.17) is 47.4 Å². The van der Waals surface area contributed by atoms with E-state index in [0.29, 0.717) is 11.5 Å². The average Bonchev–Trinajstić information content (AvgIpc) is 3.43. The fraction of sp³-hybridized carbons (Fsp3) is 0.350. The number of Topliss-reactive ketones (excluding diaryl/α,β-unsaturated/α-hetero) is 1. The van der Waals surface area contributed by atoms with Gasteiger partial charge in [0.15, 0.2) is 18.4 Å². The van der Waals surface area contributed by atoms with Crippen molar-refractivity contribution in [3.05, 3.63) is 226 Å². The molecule has 0 radical (unpaired) electrons. The Kier molecular flexibility index (Phi) is 20.8. The number of rotatable bonds is 26. The normalized spacial score (nSPS) is 24.5. The maximum atomic E-state index is 13.3. The Balaban J connectivity index is 1.14. The molecule has 6 aromatic rings. The van der Waals surface area contributed by atoms with Gasteiger partial charge < -0.3 is 47.4 Å². The van der Waals surface area contributed by atoms with Crippen LogP contribution in [0.4, 0.5) is 0 Å². The predicted octanol–water partition coefficient (Wildman–Crippen LogP) is 10.8. The molecule has 10 atom stereocenters. The number of allylic oxidation sites excluding steroid dienone is 2. The van der Waals surface area contributed by atoms with E-state index in [-0.39, 0.29) is 52.0 Å². The minimum absolute atomic E-state index is 0.0264. The van der Waals surface area contributed by atoms with Crippen molar-refractivity contribution < 1.29 is 52.2 Å². The first-order valence-corrected chi connectivity index (χ1v) is 25.5. The molecule has 2 heterocycles. The molecule has 2 aliphatic rings. The van der Waals surface area contributed by atoms with E-state index in [1.165, 1.54) is 11.8 Å². The summed E-state index contributed by atoms with van der Waals surface area (Å²) in [5.74, 6) is -0.0917. The largest absolute Gasteiger partial charge is 0.374 e. The van der Waals surface area contributed by atoms with Gasteiger partial charge >= 0.3 is 0 Å². The molecule has 11 nitrogen and oxygen atoms in total. The maximum Gasteiger partial charge on any atom is 0.186 e. The number of thioether (sulfide) groups is 1. The van der Waals surface area contributed by atoms with Crippen molar-refractivity contribution >= 4 is 17.5 Å². The number of ketones is 1. The molecule has 378 valence electrons. The summed E-state index contributed by atoms with van der Waals surface area (Å²) in [5.41, 5.74) is 5.94. The van der Waals surface area contributed by atoms with Gasteiger partial charge in [-0.3, -0.25) is 4.79 Å². The van der Waals surface area contributed by atoms with Gasteiger partial charge in [0.25, 0.3) is 0 Å². The van der Waals surface area contributed by atoms with Crippen LogP contribution in [0, 0.1) is 0 Å². The summed E-state index contributed by atoms with van der Waals surface area (Å²) in [5, 5.41) is -0.618. The lowest BCUT2D eigenvalue weighted by molar-refractivity contribution is -0.334. The van der Waals surface area contributed by atoms with Crippen LogP contribution in [0.25, 0.3) is 0 Å². The monoisotopic (exact) mass is 994 g/mol. The lowest BCUT2D eigenvalue weighted by Gasteiger charge is -2.48. The summed E-state index contributed by atoms with van der Waals surface area (Å²) in [6, 6.07) is 60.0. The summed E-state index contributed by atoms with van der Waals surface area (Å²) in [6.45, 7) is 5.29. The molecule has 72 heavy (non-hydrogen) atoms. The van der Waals surface area contributed by atoms with E-state index in [1.54, 1.807) is 14.0 Å². The van der Waals surface area contributed by atoms with Gasteiger partial charge in [-0.25, -0.2) is 0 Å². The molecular formula is C60H66O11S. The highest BCUT2D eigenvalue weighted by molar-refractivity contribution is 8.04. The molecule has 0 N–H and O–H groups in total.